The standard InChI is InChI=1S/C15H16NO.C5H5.Fe/c1-12(16-11-13-7-5-6-8-13)15(17)14-9-3-2-4-10-14;1-2-4-5-3-1;/h2-12,15,17H,1H3;1-5H;/q;;+2/t12-,15-;;/m0../s1. The monoisotopic (exact) mass is 347 g/mol. The summed E-state index contributed by atoms with van der Waals surface area (Å²) in [4.78, 5) is 4.37. The molecular weight excluding hydrogens is 326 g/mol. The summed E-state index contributed by atoms with van der Waals surface area (Å²) in [6.45, 7) is 1.91. The van der Waals surface area contributed by atoms with Crippen molar-refractivity contribution in [3.05, 3.63) is 99.6 Å². The van der Waals surface area contributed by atoms with Gasteiger partial charge in [0.05, 0.1) is 6.04 Å². The fourth-order valence-electron chi connectivity index (χ4n) is 2.01. The maximum absolute atomic E-state index is 10.1. The summed E-state index contributed by atoms with van der Waals surface area (Å²) >= 11 is 0. The van der Waals surface area contributed by atoms with Crippen molar-refractivity contribution < 1.29 is 22.2 Å². The van der Waals surface area contributed by atoms with Crippen LogP contribution in [0.15, 0.2) is 35.3 Å². The van der Waals surface area contributed by atoms with Crippen LogP contribution < -0.4 is 0 Å². The molecule has 0 aliphatic heterocycles. The van der Waals surface area contributed by atoms with Gasteiger partial charge in [0.1, 0.15) is 6.10 Å². The van der Waals surface area contributed by atoms with E-state index in [9.17, 15) is 5.11 Å². The van der Waals surface area contributed by atoms with E-state index in [1.807, 2.05) is 95.0 Å². The molecule has 0 aromatic heterocycles. The Kier molecular flexibility index (Phi) is 10.5. The van der Waals surface area contributed by atoms with Gasteiger partial charge in [0.25, 0.3) is 0 Å². The average molecular weight is 347 g/mol. The number of aliphatic imine (C=N–C) groups is 1. The van der Waals surface area contributed by atoms with Gasteiger partial charge < -0.3 is 5.11 Å². The zero-order valence-electron chi connectivity index (χ0n) is 13.1. The Hall–Kier alpha value is -0.631. The van der Waals surface area contributed by atoms with Gasteiger partial charge in [-0.05, 0) is 70.3 Å². The molecule has 2 nitrogen and oxygen atoms in total. The van der Waals surface area contributed by atoms with Crippen LogP contribution in [0.4, 0.5) is 0 Å². The normalized spacial score (nSPS) is 20.6. The first kappa shape index (κ1) is 20.4. The van der Waals surface area contributed by atoms with E-state index in [0.717, 1.165) is 11.5 Å². The number of nitrogens with zero attached hydrogens (tertiary/aromatic N) is 1. The largest absolute Gasteiger partial charge is 2.00 e. The van der Waals surface area contributed by atoms with Crippen molar-refractivity contribution in [1.82, 2.24) is 0 Å². The number of aliphatic hydroxyl groups is 1. The summed E-state index contributed by atoms with van der Waals surface area (Å²) < 4.78 is 0. The fraction of sp³-hybridized carbons (Fsp3) is 0.150. The van der Waals surface area contributed by atoms with Crippen molar-refractivity contribution >= 4 is 6.21 Å². The van der Waals surface area contributed by atoms with Crippen molar-refractivity contribution in [2.45, 2.75) is 19.1 Å². The second-order valence-corrected chi connectivity index (χ2v) is 5.05. The van der Waals surface area contributed by atoms with Crippen molar-refractivity contribution in [2.24, 2.45) is 4.99 Å². The summed E-state index contributed by atoms with van der Waals surface area (Å²) in [7, 11) is 0. The van der Waals surface area contributed by atoms with E-state index < -0.39 is 6.10 Å². The third kappa shape index (κ3) is 7.65. The van der Waals surface area contributed by atoms with Crippen LogP contribution in [0.2, 0.25) is 0 Å². The van der Waals surface area contributed by atoms with Crippen molar-refractivity contribution in [3.8, 4) is 0 Å². The number of hydrogen-bond donors (Lipinski definition) is 1. The molecule has 3 heteroatoms. The van der Waals surface area contributed by atoms with E-state index in [-0.39, 0.29) is 23.1 Å². The van der Waals surface area contributed by atoms with Gasteiger partial charge in [-0.2, -0.15) is 0 Å². The molecule has 2 saturated carbocycles. The molecule has 1 N–H and O–H groups in total. The number of hydrogen-bond acceptors (Lipinski definition) is 2. The average Bonchev–Trinajstić information content (AvgIpc) is 3.28. The van der Waals surface area contributed by atoms with Crippen LogP contribution in [0.25, 0.3) is 0 Å². The van der Waals surface area contributed by atoms with E-state index in [0.29, 0.717) is 0 Å². The van der Waals surface area contributed by atoms with Crippen LogP contribution in [-0.2, 0) is 17.1 Å². The van der Waals surface area contributed by atoms with Crippen LogP contribution in [0.3, 0.4) is 0 Å². The minimum absolute atomic E-state index is 0. The minimum atomic E-state index is -0.553. The third-order valence-corrected chi connectivity index (χ3v) is 3.30. The Balaban J connectivity index is 0.000000377. The minimum Gasteiger partial charge on any atom is -0.386 e. The SMILES string of the molecule is C[C@H](N=C[C]1[CH][CH][CH][CH]1)[C@H](O)c1ccccc1.[CH]1[CH][CH][CH][CH]1.[Fe+2]. The molecule has 10 radical (unpaired) electrons. The summed E-state index contributed by atoms with van der Waals surface area (Å²) in [6.07, 6.45) is 19.2. The van der Waals surface area contributed by atoms with Gasteiger partial charge in [0.2, 0.25) is 0 Å². The van der Waals surface area contributed by atoms with Crippen LogP contribution in [0.1, 0.15) is 18.6 Å². The molecule has 2 atom stereocenters. The smallest absolute Gasteiger partial charge is 0.386 e. The van der Waals surface area contributed by atoms with E-state index >= 15 is 0 Å². The van der Waals surface area contributed by atoms with Crippen LogP contribution in [0.5, 0.6) is 0 Å². The van der Waals surface area contributed by atoms with E-state index in [1.165, 1.54) is 0 Å². The first-order chi connectivity index (χ1) is 10.8. The summed E-state index contributed by atoms with van der Waals surface area (Å²) in [6, 6.07) is 9.47. The third-order valence-electron chi connectivity index (χ3n) is 3.30. The molecular formula is C20H21FeNO+2. The Morgan fingerprint density at radius 2 is 1.39 bits per heavy atom. The molecule has 3 rings (SSSR count). The molecule has 1 aromatic carbocycles. The van der Waals surface area contributed by atoms with E-state index in [1.54, 1.807) is 6.21 Å². The quantitative estimate of drug-likeness (QED) is 0.655. The Labute approximate surface area is 152 Å². The first-order valence-electron chi connectivity index (χ1n) is 7.42. The fourth-order valence-corrected chi connectivity index (χ4v) is 2.01. The number of rotatable bonds is 4. The van der Waals surface area contributed by atoms with Crippen molar-refractivity contribution in [1.29, 1.82) is 0 Å². The Morgan fingerprint density at radius 1 is 0.870 bits per heavy atom. The molecule has 0 spiro atoms. The summed E-state index contributed by atoms with van der Waals surface area (Å²) in [5.41, 5.74) is 0.902. The van der Waals surface area contributed by atoms with Gasteiger partial charge in [0.15, 0.2) is 0 Å². The first-order valence-corrected chi connectivity index (χ1v) is 7.42. The molecule has 118 valence electrons. The maximum Gasteiger partial charge on any atom is 2.00 e. The predicted octanol–water partition coefficient (Wildman–Crippen LogP) is 3.60. The predicted molar refractivity (Wildman–Crippen MR) is 91.3 cm³/mol. The second kappa shape index (κ2) is 11.8. The summed E-state index contributed by atoms with van der Waals surface area (Å²) in [5, 5.41) is 10.1. The second-order valence-electron chi connectivity index (χ2n) is 5.05. The Morgan fingerprint density at radius 3 is 1.91 bits per heavy atom. The van der Waals surface area contributed by atoms with Crippen LogP contribution in [0, 0.1) is 63.7 Å². The number of aliphatic hydroxyl groups excluding tert-OH is 1. The zero-order valence-corrected chi connectivity index (χ0v) is 14.2. The van der Waals surface area contributed by atoms with Gasteiger partial charge in [0, 0.05) is 12.1 Å². The van der Waals surface area contributed by atoms with Crippen LogP contribution >= 0.6 is 0 Å². The van der Waals surface area contributed by atoms with Crippen LogP contribution in [-0.4, -0.2) is 17.4 Å². The molecule has 2 aliphatic rings. The molecule has 0 unspecified atom stereocenters. The topological polar surface area (TPSA) is 32.6 Å². The molecule has 0 saturated heterocycles. The molecule has 0 heterocycles. The maximum atomic E-state index is 10.1. The molecule has 23 heavy (non-hydrogen) atoms. The number of benzene rings is 1. The molecule has 2 aliphatic carbocycles. The van der Waals surface area contributed by atoms with Gasteiger partial charge in [-0.3, -0.25) is 4.99 Å². The van der Waals surface area contributed by atoms with Gasteiger partial charge in [-0.25, -0.2) is 0 Å². The van der Waals surface area contributed by atoms with E-state index in [2.05, 4.69) is 4.99 Å². The van der Waals surface area contributed by atoms with Gasteiger partial charge in [-0.15, -0.1) is 0 Å². The van der Waals surface area contributed by atoms with Crippen molar-refractivity contribution in [2.75, 3.05) is 0 Å². The summed E-state index contributed by atoms with van der Waals surface area (Å²) in [5.74, 6) is 1.07. The molecule has 0 bridgehead atoms. The zero-order chi connectivity index (χ0) is 15.6. The molecule has 2 fully saturated rings. The van der Waals surface area contributed by atoms with E-state index in [4.69, 9.17) is 0 Å². The molecule has 1 aromatic rings. The van der Waals surface area contributed by atoms with Gasteiger partial charge in [-0.1, -0.05) is 30.3 Å². The Bertz CT molecular complexity index is 417. The van der Waals surface area contributed by atoms with Crippen molar-refractivity contribution in [3.63, 3.8) is 0 Å². The molecule has 0 amide bonds. The van der Waals surface area contributed by atoms with Gasteiger partial charge >= 0.3 is 17.1 Å².